The van der Waals surface area contributed by atoms with Crippen LogP contribution >= 0.6 is 0 Å². The molecule has 1 rings (SSSR count). The monoisotopic (exact) mass is 442 g/mol. The molecule has 32 heavy (non-hydrogen) atoms. The molecule has 0 aliphatic carbocycles. The quantitative estimate of drug-likeness (QED) is 0.131. The van der Waals surface area contributed by atoms with Gasteiger partial charge >= 0.3 is 5.97 Å². The van der Waals surface area contributed by atoms with Gasteiger partial charge in [0.15, 0.2) is 5.84 Å². The molecule has 0 fully saturated rings. The first kappa shape index (κ1) is 26.9. The van der Waals surface area contributed by atoms with Crippen molar-refractivity contribution in [1.29, 1.82) is 0 Å². The molecule has 0 spiro atoms. The van der Waals surface area contributed by atoms with Crippen molar-refractivity contribution in [1.82, 2.24) is 4.90 Å². The van der Waals surface area contributed by atoms with Gasteiger partial charge in [-0.2, -0.15) is 0 Å². The number of likely N-dealkylation sites (N-methyl/N-ethyl adjacent to an activating group) is 1. The normalized spacial score (nSPS) is 15.7. The Morgan fingerprint density at radius 1 is 1.31 bits per heavy atom. The predicted octanol–water partition coefficient (Wildman–Crippen LogP) is 5.67. The Hall–Kier alpha value is -3.09. The maximum absolute atomic E-state index is 12.5. The number of aliphatic carboxylic acids is 1. The van der Waals surface area contributed by atoms with E-state index in [0.717, 1.165) is 22.7 Å². The summed E-state index contributed by atoms with van der Waals surface area (Å²) in [5.41, 5.74) is 2.99. The van der Waals surface area contributed by atoms with Gasteiger partial charge in [-0.1, -0.05) is 29.9 Å². The lowest BCUT2D eigenvalue weighted by atomic mass is 10.1. The molecule has 0 aromatic heterocycles. The van der Waals surface area contributed by atoms with E-state index in [1.54, 1.807) is 12.3 Å². The summed E-state index contributed by atoms with van der Waals surface area (Å²) in [5.74, 6) is 0.647. The zero-order valence-electron chi connectivity index (χ0n) is 19.6. The van der Waals surface area contributed by atoms with Gasteiger partial charge in [0, 0.05) is 37.4 Å². The Balaban J connectivity index is 3.13. The highest BCUT2D eigenvalue weighted by Crippen LogP contribution is 2.13. The standard InChI is InChI=1S/C25H35FN4O2/c1-6-22(10-9-16-26)30(5)23(11-7-8-12-24(31)32)27-17-15-21(14-13-19(2)3)25-28-18-20(4)29-25/h6,9,13-17,22H,1,7-8,10-12,18H2,2-5H3,(H,31,32)/b16-9+,17-15+,21-14+,27-23?. The lowest BCUT2D eigenvalue weighted by Gasteiger charge is -2.28. The molecule has 0 radical (unpaired) electrons. The zero-order valence-corrected chi connectivity index (χ0v) is 19.6. The number of allylic oxidation sites excluding steroid dienone is 3. The van der Waals surface area contributed by atoms with Gasteiger partial charge in [-0.05, 0) is 46.1 Å². The van der Waals surface area contributed by atoms with E-state index >= 15 is 0 Å². The van der Waals surface area contributed by atoms with Gasteiger partial charge in [-0.25, -0.2) is 14.4 Å². The molecule has 0 bridgehead atoms. The Morgan fingerprint density at radius 3 is 2.59 bits per heavy atom. The number of unbranched alkanes of at least 4 members (excludes halogenated alkanes) is 1. The molecule has 1 N–H and O–H groups in total. The summed E-state index contributed by atoms with van der Waals surface area (Å²) in [4.78, 5) is 26.4. The topological polar surface area (TPSA) is 77.6 Å². The minimum absolute atomic E-state index is 0.120. The molecule has 1 atom stereocenters. The highest BCUT2D eigenvalue weighted by molar-refractivity contribution is 6.12. The van der Waals surface area contributed by atoms with Crippen LogP contribution in [0, 0.1) is 0 Å². The van der Waals surface area contributed by atoms with Crippen molar-refractivity contribution in [2.75, 3.05) is 13.6 Å². The van der Waals surface area contributed by atoms with Crippen molar-refractivity contribution in [3.05, 3.63) is 60.6 Å². The molecule has 174 valence electrons. The van der Waals surface area contributed by atoms with Crippen LogP contribution in [0.2, 0.25) is 0 Å². The zero-order chi connectivity index (χ0) is 23.9. The summed E-state index contributed by atoms with van der Waals surface area (Å²) in [6.07, 6.45) is 13.7. The van der Waals surface area contributed by atoms with Crippen LogP contribution < -0.4 is 0 Å². The van der Waals surface area contributed by atoms with Crippen molar-refractivity contribution >= 4 is 23.4 Å². The van der Waals surface area contributed by atoms with Gasteiger partial charge in [0.1, 0.15) is 5.84 Å². The molecule has 1 aliphatic heterocycles. The molecule has 1 heterocycles. The van der Waals surface area contributed by atoms with E-state index in [-0.39, 0.29) is 12.5 Å². The average molecular weight is 443 g/mol. The van der Waals surface area contributed by atoms with E-state index in [1.165, 1.54) is 6.08 Å². The van der Waals surface area contributed by atoms with Gasteiger partial charge in [0.25, 0.3) is 0 Å². The molecular weight excluding hydrogens is 407 g/mol. The highest BCUT2D eigenvalue weighted by atomic mass is 19.1. The molecule has 1 aliphatic rings. The van der Waals surface area contributed by atoms with Crippen LogP contribution in [0.1, 0.15) is 52.9 Å². The van der Waals surface area contributed by atoms with Gasteiger partial charge in [0.2, 0.25) is 0 Å². The maximum Gasteiger partial charge on any atom is 0.303 e. The average Bonchev–Trinajstić information content (AvgIpc) is 3.18. The van der Waals surface area contributed by atoms with Gasteiger partial charge in [-0.3, -0.25) is 9.79 Å². The molecule has 6 nitrogen and oxygen atoms in total. The third-order valence-corrected chi connectivity index (χ3v) is 4.77. The fraction of sp³-hybridized carbons (Fsp3) is 0.440. The number of hydrogen-bond donors (Lipinski definition) is 1. The second kappa shape index (κ2) is 14.8. The number of aliphatic imine (C=N–C) groups is 3. The summed E-state index contributed by atoms with van der Waals surface area (Å²) in [6.45, 7) is 10.4. The molecule has 0 saturated heterocycles. The minimum atomic E-state index is -0.809. The Kier molecular flexibility index (Phi) is 12.5. The van der Waals surface area contributed by atoms with Crippen molar-refractivity contribution in [2.45, 2.75) is 58.9 Å². The highest BCUT2D eigenvalue weighted by Gasteiger charge is 2.14. The van der Waals surface area contributed by atoms with Gasteiger partial charge < -0.3 is 10.0 Å². The number of hydrogen-bond acceptors (Lipinski definition) is 4. The van der Waals surface area contributed by atoms with Crippen LogP contribution in [0.5, 0.6) is 0 Å². The smallest absolute Gasteiger partial charge is 0.303 e. The number of carboxylic acid groups (broad SMARTS) is 1. The minimum Gasteiger partial charge on any atom is -0.481 e. The summed E-state index contributed by atoms with van der Waals surface area (Å²) in [6, 6.07) is -0.124. The van der Waals surface area contributed by atoms with Crippen LogP contribution in [0.4, 0.5) is 4.39 Å². The molecule has 0 amide bonds. The molecule has 0 aromatic carbocycles. The van der Waals surface area contributed by atoms with Crippen molar-refractivity contribution in [3.63, 3.8) is 0 Å². The maximum atomic E-state index is 12.5. The fourth-order valence-corrected chi connectivity index (χ4v) is 2.95. The Morgan fingerprint density at radius 2 is 2.03 bits per heavy atom. The number of nitrogens with zero attached hydrogens (tertiary/aromatic N) is 4. The number of carboxylic acids is 1. The lowest BCUT2D eigenvalue weighted by molar-refractivity contribution is -0.137. The van der Waals surface area contributed by atoms with Gasteiger partial charge in [0.05, 0.1) is 18.9 Å². The number of amidine groups is 2. The summed E-state index contributed by atoms with van der Waals surface area (Å²) < 4.78 is 12.5. The summed E-state index contributed by atoms with van der Waals surface area (Å²) >= 11 is 0. The number of halogens is 1. The number of carbonyl (C=O) groups is 1. The largest absolute Gasteiger partial charge is 0.481 e. The molecule has 7 heteroatoms. The van der Waals surface area contributed by atoms with Crippen molar-refractivity contribution in [2.24, 2.45) is 15.0 Å². The molecule has 0 aromatic rings. The van der Waals surface area contributed by atoms with Crippen molar-refractivity contribution < 1.29 is 14.3 Å². The summed E-state index contributed by atoms with van der Waals surface area (Å²) in [7, 11) is 1.89. The Labute approximate surface area is 191 Å². The van der Waals surface area contributed by atoms with Crippen LogP contribution in [0.15, 0.2) is 75.6 Å². The number of rotatable bonds is 13. The fourth-order valence-electron chi connectivity index (χ4n) is 2.95. The van der Waals surface area contributed by atoms with Crippen molar-refractivity contribution in [3.8, 4) is 0 Å². The third kappa shape index (κ3) is 10.3. The first-order valence-corrected chi connectivity index (χ1v) is 10.8. The van der Waals surface area contributed by atoms with Crippen LogP contribution in [-0.4, -0.2) is 53.0 Å². The van der Waals surface area contributed by atoms with E-state index in [9.17, 15) is 9.18 Å². The van der Waals surface area contributed by atoms with Gasteiger partial charge in [-0.15, -0.1) is 6.58 Å². The predicted molar refractivity (Wildman–Crippen MR) is 132 cm³/mol. The van der Waals surface area contributed by atoms with E-state index in [0.29, 0.717) is 44.4 Å². The second-order valence-corrected chi connectivity index (χ2v) is 7.83. The second-order valence-electron chi connectivity index (χ2n) is 7.83. The van der Waals surface area contributed by atoms with E-state index in [2.05, 4.69) is 21.6 Å². The first-order valence-electron chi connectivity index (χ1n) is 10.8. The first-order chi connectivity index (χ1) is 15.3. The summed E-state index contributed by atoms with van der Waals surface area (Å²) in [5, 5.41) is 8.88. The SMILES string of the molecule is C=CC(C/C=C/F)N(C)C(CCCCC(=O)O)=N/C=C/C(=C\C=C(C)C)C1=NCC(C)=N1. The Bertz CT molecular complexity index is 859. The van der Waals surface area contributed by atoms with E-state index < -0.39 is 5.97 Å². The van der Waals surface area contributed by atoms with Crippen LogP contribution in [0.25, 0.3) is 0 Å². The molecule has 1 unspecified atom stereocenters. The molecule has 0 saturated carbocycles. The molecular formula is C25H35FN4O2. The third-order valence-electron chi connectivity index (χ3n) is 4.77. The van der Waals surface area contributed by atoms with Crippen LogP contribution in [0.3, 0.4) is 0 Å². The van der Waals surface area contributed by atoms with E-state index in [1.807, 2.05) is 50.9 Å². The lowest BCUT2D eigenvalue weighted by Crippen LogP contribution is -2.35. The van der Waals surface area contributed by atoms with Crippen LogP contribution in [-0.2, 0) is 4.79 Å². The van der Waals surface area contributed by atoms with E-state index in [4.69, 9.17) is 5.11 Å².